The van der Waals surface area contributed by atoms with Gasteiger partial charge in [0.05, 0.1) is 38.1 Å². The molecule has 0 aliphatic carbocycles. The molecule has 2 fully saturated rings. The second-order valence-corrected chi connectivity index (χ2v) is 10.1. The summed E-state index contributed by atoms with van der Waals surface area (Å²) in [4.78, 5) is 46.0. The first-order chi connectivity index (χ1) is 15.7. The standard InChI is InChI=1S/2C11H20N2O4.2ClH/c2*1-11(2,3)17-10(15)13-8-6-12-5-7(8)9(14)16-4;;/h2*7-8,12H,5-6H2,1-4H3,(H,13,15);2*1H/t2*7-,8+;;/m10../s1. The van der Waals surface area contributed by atoms with Gasteiger partial charge in [-0.1, -0.05) is 0 Å². The molecule has 2 aliphatic heterocycles. The Hall–Kier alpha value is -2.02. The maximum absolute atomic E-state index is 11.6. The average Bonchev–Trinajstić information content (AvgIpc) is 3.33. The van der Waals surface area contributed by atoms with Crippen molar-refractivity contribution in [1.82, 2.24) is 21.3 Å². The summed E-state index contributed by atoms with van der Waals surface area (Å²) in [6.45, 7) is 12.8. The third-order valence-electron chi connectivity index (χ3n) is 4.84. The summed E-state index contributed by atoms with van der Waals surface area (Å²) in [5, 5.41) is 11.4. The van der Waals surface area contributed by atoms with Crippen LogP contribution in [0.25, 0.3) is 0 Å². The Morgan fingerprint density at radius 1 is 0.639 bits per heavy atom. The summed E-state index contributed by atoms with van der Waals surface area (Å²) in [5.74, 6) is -1.35. The summed E-state index contributed by atoms with van der Waals surface area (Å²) in [6.07, 6.45) is -1.03. The number of amides is 2. The maximum Gasteiger partial charge on any atom is 0.407 e. The molecule has 0 aromatic carbocycles. The van der Waals surface area contributed by atoms with Crippen molar-refractivity contribution < 1.29 is 38.1 Å². The molecule has 2 amide bonds. The van der Waals surface area contributed by atoms with Crippen LogP contribution in [0, 0.1) is 11.8 Å². The van der Waals surface area contributed by atoms with Crippen molar-refractivity contribution in [2.75, 3.05) is 40.4 Å². The lowest BCUT2D eigenvalue weighted by Crippen LogP contribution is -2.45. The normalized spacial score (nSPS) is 22.9. The number of methoxy groups -OCH3 is 2. The molecule has 0 bridgehead atoms. The topological polar surface area (TPSA) is 153 Å². The molecule has 0 unspecified atom stereocenters. The van der Waals surface area contributed by atoms with Gasteiger partial charge < -0.3 is 40.2 Å². The second kappa shape index (κ2) is 16.0. The lowest BCUT2D eigenvalue weighted by atomic mass is 10.0. The van der Waals surface area contributed by atoms with Gasteiger partial charge in [0, 0.05) is 26.2 Å². The number of nitrogens with one attached hydrogen (secondary N) is 4. The Morgan fingerprint density at radius 2 is 0.944 bits per heavy atom. The molecule has 2 heterocycles. The smallest absolute Gasteiger partial charge is 0.407 e. The van der Waals surface area contributed by atoms with Gasteiger partial charge >= 0.3 is 24.1 Å². The molecule has 2 saturated heterocycles. The number of hydrogen-bond acceptors (Lipinski definition) is 10. The first-order valence-electron chi connectivity index (χ1n) is 11.2. The van der Waals surface area contributed by atoms with Gasteiger partial charge in [-0.2, -0.15) is 0 Å². The Kier molecular flexibility index (Phi) is 16.0. The average molecular weight is 562 g/mol. The molecule has 2 rings (SSSR count). The van der Waals surface area contributed by atoms with E-state index in [1.165, 1.54) is 14.2 Å². The minimum Gasteiger partial charge on any atom is -0.469 e. The predicted octanol–water partition coefficient (Wildman–Crippen LogP) is 1.39. The van der Waals surface area contributed by atoms with E-state index in [1.807, 2.05) is 0 Å². The van der Waals surface area contributed by atoms with Crippen LogP contribution < -0.4 is 21.3 Å². The summed E-state index contributed by atoms with van der Waals surface area (Å²) < 4.78 is 19.6. The highest BCUT2D eigenvalue weighted by Gasteiger charge is 2.36. The number of esters is 2. The quantitative estimate of drug-likeness (QED) is 0.293. The van der Waals surface area contributed by atoms with Crippen molar-refractivity contribution in [3.63, 3.8) is 0 Å². The van der Waals surface area contributed by atoms with Crippen LogP contribution in [0.15, 0.2) is 0 Å². The van der Waals surface area contributed by atoms with Gasteiger partial charge in [0.2, 0.25) is 0 Å². The fourth-order valence-electron chi connectivity index (χ4n) is 3.38. The van der Waals surface area contributed by atoms with Gasteiger partial charge in [-0.15, -0.1) is 24.8 Å². The first-order valence-corrected chi connectivity index (χ1v) is 11.2. The monoisotopic (exact) mass is 560 g/mol. The molecule has 0 spiro atoms. The maximum atomic E-state index is 11.6. The fraction of sp³-hybridized carbons (Fsp3) is 0.818. The molecular weight excluding hydrogens is 519 g/mol. The number of carbonyl (C=O) groups is 4. The largest absolute Gasteiger partial charge is 0.469 e. The first kappa shape index (κ1) is 36.1. The molecule has 36 heavy (non-hydrogen) atoms. The molecular formula is C22H42Cl2N4O8. The highest BCUT2D eigenvalue weighted by Crippen LogP contribution is 2.14. The molecule has 0 aromatic heterocycles. The number of alkyl carbamates (subject to hydrolysis) is 2. The molecule has 14 heteroatoms. The van der Waals surface area contributed by atoms with Crippen molar-refractivity contribution in [2.24, 2.45) is 11.8 Å². The lowest BCUT2D eigenvalue weighted by Gasteiger charge is -2.23. The minimum atomic E-state index is -0.545. The zero-order valence-electron chi connectivity index (χ0n) is 22.2. The molecule has 4 atom stereocenters. The Bertz CT molecular complexity index is 668. The summed E-state index contributed by atoms with van der Waals surface area (Å²) in [6, 6.07) is -0.561. The van der Waals surface area contributed by atoms with Gasteiger partial charge in [-0.25, -0.2) is 9.59 Å². The molecule has 0 radical (unpaired) electrons. The van der Waals surface area contributed by atoms with Gasteiger partial charge in [-0.05, 0) is 41.5 Å². The Morgan fingerprint density at radius 3 is 1.19 bits per heavy atom. The van der Waals surface area contributed by atoms with Gasteiger partial charge in [0.15, 0.2) is 0 Å². The van der Waals surface area contributed by atoms with E-state index >= 15 is 0 Å². The van der Waals surface area contributed by atoms with Crippen molar-refractivity contribution in [3.8, 4) is 0 Å². The number of rotatable bonds is 4. The van der Waals surface area contributed by atoms with E-state index in [9.17, 15) is 19.2 Å². The van der Waals surface area contributed by atoms with Crippen LogP contribution in [0.4, 0.5) is 9.59 Å². The van der Waals surface area contributed by atoms with E-state index in [2.05, 4.69) is 30.7 Å². The van der Waals surface area contributed by atoms with E-state index in [0.717, 1.165) is 0 Å². The third kappa shape index (κ3) is 13.3. The van der Waals surface area contributed by atoms with Crippen LogP contribution in [0.5, 0.6) is 0 Å². The molecule has 0 saturated carbocycles. The predicted molar refractivity (Wildman–Crippen MR) is 138 cm³/mol. The van der Waals surface area contributed by atoms with Gasteiger partial charge in [0.25, 0.3) is 0 Å². The van der Waals surface area contributed by atoms with Crippen molar-refractivity contribution in [2.45, 2.75) is 64.8 Å². The van der Waals surface area contributed by atoms with Crippen LogP contribution in [-0.4, -0.2) is 87.8 Å². The fourth-order valence-corrected chi connectivity index (χ4v) is 3.38. The van der Waals surface area contributed by atoms with Crippen LogP contribution in [-0.2, 0) is 28.5 Å². The van der Waals surface area contributed by atoms with E-state index in [-0.39, 0.29) is 60.7 Å². The zero-order valence-corrected chi connectivity index (χ0v) is 23.9. The summed E-state index contributed by atoms with van der Waals surface area (Å²) >= 11 is 0. The third-order valence-corrected chi connectivity index (χ3v) is 4.84. The van der Waals surface area contributed by atoms with Gasteiger partial charge in [-0.3, -0.25) is 9.59 Å². The highest BCUT2D eigenvalue weighted by molar-refractivity contribution is 5.85. The second-order valence-electron chi connectivity index (χ2n) is 10.1. The molecule has 4 N–H and O–H groups in total. The van der Waals surface area contributed by atoms with Crippen LogP contribution >= 0.6 is 24.8 Å². The molecule has 0 aromatic rings. The zero-order chi connectivity index (χ0) is 26.1. The lowest BCUT2D eigenvalue weighted by molar-refractivity contribution is -0.146. The highest BCUT2D eigenvalue weighted by atomic mass is 35.5. The number of ether oxygens (including phenoxy) is 4. The Labute approximate surface area is 225 Å². The van der Waals surface area contributed by atoms with E-state index in [0.29, 0.717) is 26.2 Å². The van der Waals surface area contributed by atoms with Crippen LogP contribution in [0.2, 0.25) is 0 Å². The number of halogens is 2. The Balaban J connectivity index is 0. The number of carbonyl (C=O) groups excluding carboxylic acids is 4. The number of hydrogen-bond donors (Lipinski definition) is 4. The van der Waals surface area contributed by atoms with E-state index in [1.54, 1.807) is 41.5 Å². The van der Waals surface area contributed by atoms with Crippen molar-refractivity contribution in [1.29, 1.82) is 0 Å². The van der Waals surface area contributed by atoms with Crippen LogP contribution in [0.1, 0.15) is 41.5 Å². The van der Waals surface area contributed by atoms with Crippen molar-refractivity contribution in [3.05, 3.63) is 0 Å². The van der Waals surface area contributed by atoms with Crippen LogP contribution in [0.3, 0.4) is 0 Å². The SMILES string of the molecule is COC(=O)[C@@H]1CNC[C@@H]1NC(=O)OC(C)(C)C.COC(=O)[C@H]1CNC[C@H]1NC(=O)OC(C)(C)C.Cl.Cl. The van der Waals surface area contributed by atoms with E-state index in [4.69, 9.17) is 9.47 Å². The molecule has 2 aliphatic rings. The summed E-state index contributed by atoms with van der Waals surface area (Å²) in [7, 11) is 2.68. The molecule has 12 nitrogen and oxygen atoms in total. The minimum absolute atomic E-state index is 0. The van der Waals surface area contributed by atoms with Gasteiger partial charge in [0.1, 0.15) is 11.2 Å². The van der Waals surface area contributed by atoms with E-state index < -0.39 is 23.4 Å². The molecule has 212 valence electrons. The van der Waals surface area contributed by atoms with Crippen molar-refractivity contribution >= 4 is 48.9 Å². The summed E-state index contributed by atoms with van der Waals surface area (Å²) in [5.41, 5.74) is -1.09.